The molecule has 0 amide bonds. The van der Waals surface area contributed by atoms with Gasteiger partial charge in [-0.15, -0.1) is 11.6 Å². The molecule has 0 radical (unpaired) electrons. The van der Waals surface area contributed by atoms with E-state index >= 15 is 0 Å². The molecule has 0 atom stereocenters. The summed E-state index contributed by atoms with van der Waals surface area (Å²) < 4.78 is 10.4. The Labute approximate surface area is 111 Å². The Kier molecular flexibility index (Phi) is 3.99. The van der Waals surface area contributed by atoms with E-state index in [0.717, 1.165) is 11.1 Å². The van der Waals surface area contributed by atoms with Gasteiger partial charge in [0.15, 0.2) is 5.82 Å². The van der Waals surface area contributed by atoms with Crippen LogP contribution in [0.1, 0.15) is 5.56 Å². The molecule has 0 spiro atoms. The lowest BCUT2D eigenvalue weighted by molar-refractivity contribution is 0.394. The number of ether oxygens (including phenoxy) is 2. The van der Waals surface area contributed by atoms with Crippen molar-refractivity contribution in [2.24, 2.45) is 0 Å². The second-order valence-electron chi connectivity index (χ2n) is 3.65. The van der Waals surface area contributed by atoms with Gasteiger partial charge in [-0.1, -0.05) is 0 Å². The summed E-state index contributed by atoms with van der Waals surface area (Å²) in [6.07, 6.45) is 3.42. The minimum Gasteiger partial charge on any atom is -0.497 e. The average Bonchev–Trinajstić information content (AvgIpc) is 2.46. The molecular weight excluding hydrogens is 252 g/mol. The second-order valence-corrected chi connectivity index (χ2v) is 3.92. The first-order valence-electron chi connectivity index (χ1n) is 5.37. The maximum atomic E-state index is 5.70. The lowest BCUT2D eigenvalue weighted by Crippen LogP contribution is -1.93. The van der Waals surface area contributed by atoms with E-state index in [2.05, 4.69) is 9.97 Å². The number of rotatable bonds is 4. The zero-order valence-electron chi connectivity index (χ0n) is 10.2. The zero-order valence-corrected chi connectivity index (χ0v) is 10.9. The van der Waals surface area contributed by atoms with Gasteiger partial charge >= 0.3 is 0 Å². The molecule has 1 heterocycles. The van der Waals surface area contributed by atoms with Gasteiger partial charge in [0.2, 0.25) is 0 Å². The van der Waals surface area contributed by atoms with Crippen LogP contribution >= 0.6 is 11.6 Å². The van der Waals surface area contributed by atoms with Crippen LogP contribution in [-0.4, -0.2) is 24.2 Å². The number of hydrogen-bond donors (Lipinski definition) is 0. The van der Waals surface area contributed by atoms with Gasteiger partial charge in [0.1, 0.15) is 11.5 Å². The van der Waals surface area contributed by atoms with E-state index < -0.39 is 0 Å². The van der Waals surface area contributed by atoms with Crippen molar-refractivity contribution in [3.63, 3.8) is 0 Å². The Hall–Kier alpha value is -1.81. The lowest BCUT2D eigenvalue weighted by atomic mass is 10.2. The molecule has 0 N–H and O–H groups in total. The number of methoxy groups -OCH3 is 2. The van der Waals surface area contributed by atoms with Gasteiger partial charge < -0.3 is 9.47 Å². The average molecular weight is 265 g/mol. The first kappa shape index (κ1) is 12.6. The molecule has 1 aromatic carbocycles. The number of alkyl halides is 1. The fourth-order valence-corrected chi connectivity index (χ4v) is 1.65. The van der Waals surface area contributed by atoms with Gasteiger partial charge in [0, 0.05) is 29.6 Å². The number of aromatic nitrogens is 2. The van der Waals surface area contributed by atoms with Crippen molar-refractivity contribution >= 4 is 11.6 Å². The van der Waals surface area contributed by atoms with Crippen LogP contribution in [0.25, 0.3) is 11.4 Å². The highest BCUT2D eigenvalue weighted by Gasteiger charge is 2.06. The number of benzene rings is 1. The van der Waals surface area contributed by atoms with Crippen LogP contribution in [0.2, 0.25) is 0 Å². The van der Waals surface area contributed by atoms with Crippen LogP contribution in [0.3, 0.4) is 0 Å². The molecule has 94 valence electrons. The summed E-state index contributed by atoms with van der Waals surface area (Å²) in [6.45, 7) is 0. The van der Waals surface area contributed by atoms with Gasteiger partial charge in [0.25, 0.3) is 0 Å². The molecule has 2 aromatic rings. The molecule has 2 rings (SSSR count). The molecule has 0 aliphatic carbocycles. The van der Waals surface area contributed by atoms with Crippen molar-refractivity contribution in [2.45, 2.75) is 5.88 Å². The highest BCUT2D eigenvalue weighted by atomic mass is 35.5. The summed E-state index contributed by atoms with van der Waals surface area (Å²) >= 11 is 5.70. The zero-order chi connectivity index (χ0) is 13.0. The predicted molar refractivity (Wildman–Crippen MR) is 70.1 cm³/mol. The summed E-state index contributed by atoms with van der Waals surface area (Å²) in [7, 11) is 3.21. The summed E-state index contributed by atoms with van der Waals surface area (Å²) in [6, 6.07) is 5.52. The minimum atomic E-state index is 0.404. The molecule has 5 heteroatoms. The molecule has 4 nitrogen and oxygen atoms in total. The third kappa shape index (κ3) is 2.71. The van der Waals surface area contributed by atoms with E-state index in [0.29, 0.717) is 23.2 Å². The Morgan fingerprint density at radius 3 is 2.00 bits per heavy atom. The van der Waals surface area contributed by atoms with Gasteiger partial charge in [-0.2, -0.15) is 0 Å². The van der Waals surface area contributed by atoms with Gasteiger partial charge in [-0.25, -0.2) is 9.97 Å². The minimum absolute atomic E-state index is 0.404. The fourth-order valence-electron chi connectivity index (χ4n) is 1.51. The Balaban J connectivity index is 2.41. The largest absolute Gasteiger partial charge is 0.497 e. The smallest absolute Gasteiger partial charge is 0.159 e. The van der Waals surface area contributed by atoms with E-state index in [1.165, 1.54) is 0 Å². The predicted octanol–water partition coefficient (Wildman–Crippen LogP) is 2.90. The van der Waals surface area contributed by atoms with E-state index in [1.807, 2.05) is 12.1 Å². The number of hydrogen-bond acceptors (Lipinski definition) is 4. The van der Waals surface area contributed by atoms with Gasteiger partial charge in [0.05, 0.1) is 20.1 Å². The number of halogens is 1. The molecule has 0 fully saturated rings. The van der Waals surface area contributed by atoms with E-state index in [1.54, 1.807) is 32.7 Å². The second kappa shape index (κ2) is 5.69. The van der Waals surface area contributed by atoms with Crippen LogP contribution < -0.4 is 9.47 Å². The summed E-state index contributed by atoms with van der Waals surface area (Å²) in [5.41, 5.74) is 1.72. The third-order valence-corrected chi connectivity index (χ3v) is 2.78. The normalized spacial score (nSPS) is 10.2. The van der Waals surface area contributed by atoms with E-state index in [-0.39, 0.29) is 0 Å². The summed E-state index contributed by atoms with van der Waals surface area (Å²) in [4.78, 5) is 8.53. The van der Waals surface area contributed by atoms with Gasteiger partial charge in [-0.3, -0.25) is 0 Å². The molecule has 0 bridgehead atoms. The van der Waals surface area contributed by atoms with Crippen molar-refractivity contribution in [3.05, 3.63) is 36.2 Å². The Bertz CT molecular complexity index is 507. The van der Waals surface area contributed by atoms with Crippen molar-refractivity contribution < 1.29 is 9.47 Å². The molecule has 0 saturated carbocycles. The lowest BCUT2D eigenvalue weighted by Gasteiger charge is -2.07. The molecular formula is C13H13ClN2O2. The van der Waals surface area contributed by atoms with Gasteiger partial charge in [-0.05, 0) is 12.1 Å². The molecule has 0 unspecified atom stereocenters. The molecule has 1 aromatic heterocycles. The highest BCUT2D eigenvalue weighted by Crippen LogP contribution is 2.27. The van der Waals surface area contributed by atoms with Crippen molar-refractivity contribution in [3.8, 4) is 22.9 Å². The Morgan fingerprint density at radius 1 is 1.00 bits per heavy atom. The van der Waals surface area contributed by atoms with Crippen LogP contribution in [0.15, 0.2) is 30.6 Å². The van der Waals surface area contributed by atoms with Crippen LogP contribution in [-0.2, 0) is 5.88 Å². The molecule has 0 saturated heterocycles. The highest BCUT2D eigenvalue weighted by molar-refractivity contribution is 6.17. The third-order valence-electron chi connectivity index (χ3n) is 2.47. The SMILES string of the molecule is COc1cc(OC)cc(-c2ncc(CCl)cn2)c1. The Morgan fingerprint density at radius 2 is 1.56 bits per heavy atom. The van der Waals surface area contributed by atoms with Crippen molar-refractivity contribution in [2.75, 3.05) is 14.2 Å². The van der Waals surface area contributed by atoms with Crippen LogP contribution in [0.4, 0.5) is 0 Å². The molecule has 0 aliphatic rings. The van der Waals surface area contributed by atoms with E-state index in [4.69, 9.17) is 21.1 Å². The quantitative estimate of drug-likeness (QED) is 0.797. The fraction of sp³-hybridized carbons (Fsp3) is 0.231. The van der Waals surface area contributed by atoms with Crippen molar-refractivity contribution in [1.82, 2.24) is 9.97 Å². The molecule has 18 heavy (non-hydrogen) atoms. The maximum Gasteiger partial charge on any atom is 0.159 e. The molecule has 0 aliphatic heterocycles. The monoisotopic (exact) mass is 264 g/mol. The maximum absolute atomic E-state index is 5.70. The summed E-state index contributed by atoms with van der Waals surface area (Å²) in [5, 5.41) is 0. The van der Waals surface area contributed by atoms with Crippen molar-refractivity contribution in [1.29, 1.82) is 0 Å². The van der Waals surface area contributed by atoms with Crippen LogP contribution in [0, 0.1) is 0 Å². The first-order chi connectivity index (χ1) is 8.76. The summed E-state index contributed by atoms with van der Waals surface area (Å²) in [5.74, 6) is 2.42. The standard InChI is InChI=1S/C13H13ClN2O2/c1-17-11-3-10(4-12(5-11)18-2)13-15-7-9(6-14)8-16-13/h3-5,7-8H,6H2,1-2H3. The van der Waals surface area contributed by atoms with Crippen LogP contribution in [0.5, 0.6) is 11.5 Å². The topological polar surface area (TPSA) is 44.2 Å². The number of nitrogens with zero attached hydrogens (tertiary/aromatic N) is 2. The van der Waals surface area contributed by atoms with E-state index in [9.17, 15) is 0 Å². The first-order valence-corrected chi connectivity index (χ1v) is 5.90.